The van der Waals surface area contributed by atoms with Crippen LogP contribution in [0.25, 0.3) is 0 Å². The van der Waals surface area contributed by atoms with Crippen LogP contribution >= 0.6 is 0 Å². The number of carboxylic acid groups (broad SMARTS) is 2. The van der Waals surface area contributed by atoms with Crippen molar-refractivity contribution in [1.29, 1.82) is 0 Å². The van der Waals surface area contributed by atoms with Gasteiger partial charge in [0.15, 0.2) is 11.5 Å². The number of para-hydroxylation sites is 3. The van der Waals surface area contributed by atoms with E-state index in [-0.39, 0.29) is 12.5 Å². The van der Waals surface area contributed by atoms with E-state index < -0.39 is 18.0 Å². The number of aliphatic hydroxyl groups is 1. The third kappa shape index (κ3) is 11.6. The lowest BCUT2D eigenvalue weighted by molar-refractivity contribution is -0.301. The third-order valence-electron chi connectivity index (χ3n) is 5.90. The molecule has 39 heavy (non-hydrogen) atoms. The fourth-order valence-corrected chi connectivity index (χ4v) is 3.93. The molecule has 11 nitrogen and oxygen atoms in total. The first-order chi connectivity index (χ1) is 18.6. The number of hydrogen-bond donors (Lipinski definition) is 2. The van der Waals surface area contributed by atoms with Crippen LogP contribution in [0.5, 0.6) is 11.5 Å². The number of methoxy groups -OCH3 is 1. The van der Waals surface area contributed by atoms with E-state index >= 15 is 0 Å². The number of piperazine rings is 1. The molecule has 0 bridgehead atoms. The number of hydrogen-bond acceptors (Lipinski definition) is 10. The number of carbonyl (C=O) groups is 3. The molecule has 1 fully saturated rings. The largest absolute Gasteiger partial charge is 0.545 e. The summed E-state index contributed by atoms with van der Waals surface area (Å²) >= 11 is 0. The zero-order valence-electron chi connectivity index (χ0n) is 22.4. The minimum atomic E-state index is -1.55. The summed E-state index contributed by atoms with van der Waals surface area (Å²) in [4.78, 5) is 35.7. The molecule has 1 unspecified atom stereocenters. The predicted molar refractivity (Wildman–Crippen MR) is 141 cm³/mol. The highest BCUT2D eigenvalue weighted by atomic mass is 16.5. The van der Waals surface area contributed by atoms with Crippen LogP contribution in [-0.4, -0.2) is 91.8 Å². The Balaban J connectivity index is 0.000000580. The van der Waals surface area contributed by atoms with Crippen LogP contribution in [0.2, 0.25) is 0 Å². The van der Waals surface area contributed by atoms with Gasteiger partial charge in [-0.3, -0.25) is 14.6 Å². The molecule has 2 N–H and O–H groups in total. The first kappa shape index (κ1) is 31.3. The molecule has 1 heterocycles. The van der Waals surface area contributed by atoms with Gasteiger partial charge in [-0.2, -0.15) is 0 Å². The van der Waals surface area contributed by atoms with Crippen molar-refractivity contribution in [2.24, 2.45) is 0 Å². The fourth-order valence-electron chi connectivity index (χ4n) is 3.93. The SMILES string of the molecule is COc1ccccc1OCC(O)CN1CCN(CC(=O)Nc2c(C)cccc2C)CC1.O=C([O-])/C=C/C(=O)[O-]. The van der Waals surface area contributed by atoms with Gasteiger partial charge in [-0.05, 0) is 49.3 Å². The zero-order valence-corrected chi connectivity index (χ0v) is 22.4. The normalized spacial score (nSPS) is 14.7. The maximum atomic E-state index is 12.5. The zero-order chi connectivity index (χ0) is 28.8. The quantitative estimate of drug-likeness (QED) is 0.351. The van der Waals surface area contributed by atoms with E-state index in [0.717, 1.165) is 43.0 Å². The molecule has 0 radical (unpaired) electrons. The number of nitrogens with zero attached hydrogens (tertiary/aromatic N) is 2. The van der Waals surface area contributed by atoms with Crippen molar-refractivity contribution in [2.45, 2.75) is 20.0 Å². The molecule has 1 amide bonds. The molecule has 11 heteroatoms. The van der Waals surface area contributed by atoms with Gasteiger partial charge in [0.1, 0.15) is 12.7 Å². The molecule has 1 aliphatic rings. The first-order valence-corrected chi connectivity index (χ1v) is 12.4. The van der Waals surface area contributed by atoms with E-state index in [1.165, 1.54) is 0 Å². The van der Waals surface area contributed by atoms with Crippen LogP contribution in [-0.2, 0) is 14.4 Å². The molecule has 1 saturated heterocycles. The summed E-state index contributed by atoms with van der Waals surface area (Å²) in [6.07, 6.45) is 0.175. The van der Waals surface area contributed by atoms with Gasteiger partial charge in [0.05, 0.1) is 25.6 Å². The number of aliphatic hydroxyl groups excluding tert-OH is 1. The number of benzene rings is 2. The van der Waals surface area contributed by atoms with Crippen molar-refractivity contribution in [3.63, 3.8) is 0 Å². The molecule has 1 atom stereocenters. The van der Waals surface area contributed by atoms with Gasteiger partial charge in [-0.25, -0.2) is 0 Å². The second-order valence-corrected chi connectivity index (χ2v) is 8.98. The molecule has 0 saturated carbocycles. The summed E-state index contributed by atoms with van der Waals surface area (Å²) in [5.41, 5.74) is 3.05. The van der Waals surface area contributed by atoms with Crippen LogP contribution < -0.4 is 25.0 Å². The second-order valence-electron chi connectivity index (χ2n) is 8.98. The lowest BCUT2D eigenvalue weighted by Gasteiger charge is -2.35. The van der Waals surface area contributed by atoms with Gasteiger partial charge in [0.2, 0.25) is 5.91 Å². The first-order valence-electron chi connectivity index (χ1n) is 12.4. The highest BCUT2D eigenvalue weighted by molar-refractivity contribution is 5.93. The molecule has 212 valence electrons. The number of β-amino-alcohol motifs (C(OH)–C–C–N with tert-alkyl or cyclic N) is 1. The van der Waals surface area contributed by atoms with E-state index in [1.54, 1.807) is 7.11 Å². The van der Waals surface area contributed by atoms with Gasteiger partial charge in [-0.15, -0.1) is 0 Å². The van der Waals surface area contributed by atoms with Gasteiger partial charge in [0.25, 0.3) is 0 Å². The number of nitrogens with one attached hydrogen (secondary N) is 1. The summed E-state index contributed by atoms with van der Waals surface area (Å²) in [6.45, 7) is 8.33. The highest BCUT2D eigenvalue weighted by Gasteiger charge is 2.21. The topological polar surface area (TPSA) is 155 Å². The maximum absolute atomic E-state index is 12.5. The molecule has 2 aromatic carbocycles. The molecular formula is C28H35N3O8-2. The number of rotatable bonds is 11. The van der Waals surface area contributed by atoms with Gasteiger partial charge in [-0.1, -0.05) is 30.3 Å². The van der Waals surface area contributed by atoms with E-state index in [2.05, 4.69) is 15.1 Å². The van der Waals surface area contributed by atoms with Crippen molar-refractivity contribution in [1.82, 2.24) is 9.80 Å². The van der Waals surface area contributed by atoms with Crippen molar-refractivity contribution in [3.8, 4) is 11.5 Å². The second kappa shape index (κ2) is 16.1. The fraction of sp³-hybridized carbons (Fsp3) is 0.393. The Morgan fingerprint density at radius 2 is 1.46 bits per heavy atom. The Morgan fingerprint density at radius 3 is 2.00 bits per heavy atom. The van der Waals surface area contributed by atoms with Gasteiger partial charge < -0.3 is 39.7 Å². The van der Waals surface area contributed by atoms with Crippen molar-refractivity contribution >= 4 is 23.5 Å². The standard InChI is InChI=1S/C24H33N3O4.C4H4O4/c1-18-7-6-8-19(2)24(18)25-23(29)16-27-13-11-26(12-14-27)15-20(28)17-31-22-10-5-4-9-21(22)30-3;5-3(6)1-2-4(7)8/h4-10,20,28H,11-17H2,1-3H3,(H,25,29);1-2H,(H,5,6)(H,7,8)/p-2/b;2-1+. The van der Waals surface area contributed by atoms with E-state index in [1.807, 2.05) is 56.3 Å². The van der Waals surface area contributed by atoms with Crippen molar-refractivity contribution in [2.75, 3.05) is 58.3 Å². The third-order valence-corrected chi connectivity index (χ3v) is 5.90. The molecule has 0 aliphatic carbocycles. The average molecular weight is 542 g/mol. The number of anilines is 1. The number of carbonyl (C=O) groups excluding carboxylic acids is 3. The molecule has 0 spiro atoms. The van der Waals surface area contributed by atoms with Gasteiger partial charge in [0, 0.05) is 38.4 Å². The summed E-state index contributed by atoms with van der Waals surface area (Å²) in [5, 5.41) is 32.2. The number of aryl methyl sites for hydroxylation is 2. The molecular weight excluding hydrogens is 506 g/mol. The Hall–Kier alpha value is -3.93. The molecule has 1 aliphatic heterocycles. The number of amides is 1. The molecule has 3 rings (SSSR count). The minimum Gasteiger partial charge on any atom is -0.545 e. The summed E-state index contributed by atoms with van der Waals surface area (Å²) in [7, 11) is 1.60. The Labute approximate surface area is 228 Å². The number of carboxylic acids is 2. The average Bonchev–Trinajstić information content (AvgIpc) is 2.90. The lowest BCUT2D eigenvalue weighted by Crippen LogP contribution is -2.50. The summed E-state index contributed by atoms with van der Waals surface area (Å²) in [6, 6.07) is 13.4. The Kier molecular flexibility index (Phi) is 12.9. The lowest BCUT2D eigenvalue weighted by atomic mass is 10.1. The monoisotopic (exact) mass is 541 g/mol. The minimum absolute atomic E-state index is 0.0103. The number of aliphatic carboxylic acids is 2. The summed E-state index contributed by atoms with van der Waals surface area (Å²) < 4.78 is 11.0. The van der Waals surface area contributed by atoms with E-state index in [0.29, 0.717) is 36.7 Å². The van der Waals surface area contributed by atoms with Crippen molar-refractivity contribution < 1.29 is 39.2 Å². The van der Waals surface area contributed by atoms with Gasteiger partial charge >= 0.3 is 0 Å². The van der Waals surface area contributed by atoms with E-state index in [4.69, 9.17) is 9.47 Å². The smallest absolute Gasteiger partial charge is 0.238 e. The van der Waals surface area contributed by atoms with Crippen LogP contribution in [0.3, 0.4) is 0 Å². The highest BCUT2D eigenvalue weighted by Crippen LogP contribution is 2.25. The molecule has 2 aromatic rings. The number of ether oxygens (including phenoxy) is 2. The van der Waals surface area contributed by atoms with Crippen LogP contribution in [0.4, 0.5) is 5.69 Å². The van der Waals surface area contributed by atoms with Crippen LogP contribution in [0, 0.1) is 13.8 Å². The van der Waals surface area contributed by atoms with Crippen LogP contribution in [0.1, 0.15) is 11.1 Å². The van der Waals surface area contributed by atoms with Crippen LogP contribution in [0.15, 0.2) is 54.6 Å². The summed E-state index contributed by atoms with van der Waals surface area (Å²) in [5.74, 6) is -1.80. The Bertz CT molecular complexity index is 1090. The van der Waals surface area contributed by atoms with Crippen molar-refractivity contribution in [3.05, 3.63) is 65.7 Å². The molecule has 0 aromatic heterocycles. The Morgan fingerprint density at radius 1 is 0.923 bits per heavy atom. The van der Waals surface area contributed by atoms with E-state index in [9.17, 15) is 29.7 Å². The maximum Gasteiger partial charge on any atom is 0.238 e. The predicted octanol–water partition coefficient (Wildman–Crippen LogP) is -0.650.